The summed E-state index contributed by atoms with van der Waals surface area (Å²) in [6.07, 6.45) is 6.22. The molecule has 8 heteroatoms. The topological polar surface area (TPSA) is 54.9 Å². The van der Waals surface area contributed by atoms with Gasteiger partial charge in [0.05, 0.1) is 5.75 Å². The van der Waals surface area contributed by atoms with Crippen molar-refractivity contribution < 1.29 is 4.79 Å². The summed E-state index contributed by atoms with van der Waals surface area (Å²) >= 11 is 15.1. The third kappa shape index (κ3) is 3.83. The van der Waals surface area contributed by atoms with Crippen molar-refractivity contribution in [3.05, 3.63) is 45.0 Å². The Kier molecular flexibility index (Phi) is 5.36. The predicted molar refractivity (Wildman–Crippen MR) is 110 cm³/mol. The molecule has 0 unspecified atom stereocenters. The summed E-state index contributed by atoms with van der Waals surface area (Å²) in [5.41, 5.74) is 1.97. The molecular formula is C18H15Cl2N3OS2. The summed E-state index contributed by atoms with van der Waals surface area (Å²) < 4.78 is 0. The molecule has 1 amide bonds. The summed E-state index contributed by atoms with van der Waals surface area (Å²) in [5.74, 6) is 0.144. The molecule has 4 nitrogen and oxygen atoms in total. The van der Waals surface area contributed by atoms with Crippen molar-refractivity contribution in [1.82, 2.24) is 9.97 Å². The third-order valence-corrected chi connectivity index (χ3v) is 6.83. The molecule has 0 spiro atoms. The standard InChI is InChI=1S/C18H15Cl2N3OS2/c19-10-5-11(20)7-12(6-10)23-15(24)8-25-17-16-13-3-1-2-4-14(13)26-18(16)22-9-21-17/h5-7,9H,1-4,8H2,(H,23,24). The van der Waals surface area contributed by atoms with Crippen LogP contribution in [0, 0.1) is 0 Å². The van der Waals surface area contributed by atoms with Crippen LogP contribution < -0.4 is 5.32 Å². The smallest absolute Gasteiger partial charge is 0.234 e. The minimum atomic E-state index is -0.121. The predicted octanol–water partition coefficient (Wildman–Crippen LogP) is 5.61. The highest BCUT2D eigenvalue weighted by molar-refractivity contribution is 8.00. The third-order valence-electron chi connectivity index (χ3n) is 4.20. The first kappa shape index (κ1) is 18.0. The minimum absolute atomic E-state index is 0.121. The first-order valence-electron chi connectivity index (χ1n) is 8.24. The molecule has 0 saturated heterocycles. The van der Waals surface area contributed by atoms with Crippen molar-refractivity contribution in [2.45, 2.75) is 30.7 Å². The fourth-order valence-corrected chi connectivity index (χ4v) is 5.77. The normalized spacial score (nSPS) is 13.6. The largest absolute Gasteiger partial charge is 0.325 e. The number of nitrogens with zero attached hydrogens (tertiary/aromatic N) is 2. The maximum absolute atomic E-state index is 12.3. The van der Waals surface area contributed by atoms with E-state index in [2.05, 4.69) is 15.3 Å². The van der Waals surface area contributed by atoms with E-state index in [1.54, 1.807) is 35.9 Å². The number of nitrogens with one attached hydrogen (secondary N) is 1. The van der Waals surface area contributed by atoms with Crippen molar-refractivity contribution in [3.63, 3.8) is 0 Å². The molecule has 1 aromatic carbocycles. The van der Waals surface area contributed by atoms with Crippen LogP contribution in [0.5, 0.6) is 0 Å². The lowest BCUT2D eigenvalue weighted by molar-refractivity contribution is -0.113. The lowest BCUT2D eigenvalue weighted by Crippen LogP contribution is -2.14. The van der Waals surface area contributed by atoms with E-state index in [1.165, 1.54) is 35.0 Å². The highest BCUT2D eigenvalue weighted by atomic mass is 35.5. The maximum atomic E-state index is 12.3. The van der Waals surface area contributed by atoms with E-state index >= 15 is 0 Å². The Balaban J connectivity index is 1.51. The highest BCUT2D eigenvalue weighted by Crippen LogP contribution is 2.39. The molecule has 26 heavy (non-hydrogen) atoms. The van der Waals surface area contributed by atoms with Gasteiger partial charge in [0.15, 0.2) is 0 Å². The van der Waals surface area contributed by atoms with E-state index in [-0.39, 0.29) is 11.7 Å². The number of carbonyl (C=O) groups excluding carboxylic acids is 1. The molecule has 1 N–H and O–H groups in total. The van der Waals surface area contributed by atoms with Crippen LogP contribution in [0.4, 0.5) is 5.69 Å². The molecule has 134 valence electrons. The Morgan fingerprint density at radius 1 is 1.15 bits per heavy atom. The summed E-state index contributed by atoms with van der Waals surface area (Å²) in [6, 6.07) is 4.98. The molecule has 4 rings (SSSR count). The number of amides is 1. The number of halogens is 2. The molecule has 2 heterocycles. The zero-order valence-corrected chi connectivity index (χ0v) is 16.9. The van der Waals surface area contributed by atoms with Gasteiger partial charge in [-0.3, -0.25) is 4.79 Å². The molecule has 1 aliphatic rings. The number of thioether (sulfide) groups is 1. The van der Waals surface area contributed by atoms with Gasteiger partial charge in [0.2, 0.25) is 5.91 Å². The number of anilines is 1. The van der Waals surface area contributed by atoms with Gasteiger partial charge in [-0.15, -0.1) is 11.3 Å². The second-order valence-corrected chi connectivity index (χ2v) is 8.99. The van der Waals surface area contributed by atoms with Gasteiger partial charge in [-0.25, -0.2) is 9.97 Å². The Labute approximate surface area is 169 Å². The number of rotatable bonds is 4. The van der Waals surface area contributed by atoms with Crippen LogP contribution in [0.15, 0.2) is 29.6 Å². The van der Waals surface area contributed by atoms with Gasteiger partial charge in [0.25, 0.3) is 0 Å². The summed E-state index contributed by atoms with van der Waals surface area (Å²) in [7, 11) is 0. The molecule has 0 fully saturated rings. The second kappa shape index (κ2) is 7.72. The van der Waals surface area contributed by atoms with Crippen molar-refractivity contribution in [2.24, 2.45) is 0 Å². The van der Waals surface area contributed by atoms with Gasteiger partial charge in [-0.05, 0) is 49.4 Å². The molecule has 0 bridgehead atoms. The van der Waals surface area contributed by atoms with E-state index < -0.39 is 0 Å². The van der Waals surface area contributed by atoms with E-state index in [4.69, 9.17) is 23.2 Å². The van der Waals surface area contributed by atoms with Crippen LogP contribution in [0.1, 0.15) is 23.3 Å². The Hall–Kier alpha value is -1.34. The molecule has 0 aliphatic heterocycles. The van der Waals surface area contributed by atoms with E-state index in [0.717, 1.165) is 28.1 Å². The molecule has 0 atom stereocenters. The fraction of sp³-hybridized carbons (Fsp3) is 0.278. The van der Waals surface area contributed by atoms with Gasteiger partial charge >= 0.3 is 0 Å². The highest BCUT2D eigenvalue weighted by Gasteiger charge is 2.20. The van der Waals surface area contributed by atoms with Crippen LogP contribution >= 0.6 is 46.3 Å². The quantitative estimate of drug-likeness (QED) is 0.437. The first-order valence-corrected chi connectivity index (χ1v) is 10.8. The number of hydrogen-bond acceptors (Lipinski definition) is 5. The lowest BCUT2D eigenvalue weighted by atomic mass is 9.97. The van der Waals surface area contributed by atoms with Crippen molar-refractivity contribution in [3.8, 4) is 0 Å². The van der Waals surface area contributed by atoms with Crippen LogP contribution in [-0.4, -0.2) is 21.6 Å². The summed E-state index contributed by atoms with van der Waals surface area (Å²) in [4.78, 5) is 23.6. The molecule has 2 aromatic heterocycles. The molecule has 1 aliphatic carbocycles. The fourth-order valence-electron chi connectivity index (χ4n) is 3.13. The van der Waals surface area contributed by atoms with E-state index in [9.17, 15) is 4.79 Å². The molecular weight excluding hydrogens is 409 g/mol. The van der Waals surface area contributed by atoms with Gasteiger partial charge in [-0.1, -0.05) is 35.0 Å². The van der Waals surface area contributed by atoms with Gasteiger partial charge in [0, 0.05) is 26.0 Å². The Bertz CT molecular complexity index is 970. The van der Waals surface area contributed by atoms with Crippen molar-refractivity contribution >= 4 is 68.1 Å². The number of aryl methyl sites for hydroxylation is 2. The number of carbonyl (C=O) groups is 1. The lowest BCUT2D eigenvalue weighted by Gasteiger charge is -2.11. The number of fused-ring (bicyclic) bond motifs is 3. The number of aromatic nitrogens is 2. The Morgan fingerprint density at radius 2 is 1.92 bits per heavy atom. The van der Waals surface area contributed by atoms with Gasteiger partial charge < -0.3 is 5.32 Å². The number of hydrogen-bond donors (Lipinski definition) is 1. The Morgan fingerprint density at radius 3 is 2.73 bits per heavy atom. The maximum Gasteiger partial charge on any atom is 0.234 e. The summed E-state index contributed by atoms with van der Waals surface area (Å²) in [6.45, 7) is 0. The number of benzene rings is 1. The van der Waals surface area contributed by atoms with Crippen LogP contribution in [-0.2, 0) is 17.6 Å². The summed E-state index contributed by atoms with van der Waals surface area (Å²) in [5, 5.41) is 5.82. The van der Waals surface area contributed by atoms with E-state index in [0.29, 0.717) is 15.7 Å². The minimum Gasteiger partial charge on any atom is -0.325 e. The number of thiophene rings is 1. The zero-order chi connectivity index (χ0) is 18.1. The average molecular weight is 424 g/mol. The van der Waals surface area contributed by atoms with Gasteiger partial charge in [0.1, 0.15) is 16.2 Å². The molecule has 3 aromatic rings. The molecule has 0 saturated carbocycles. The van der Waals surface area contributed by atoms with Crippen LogP contribution in [0.25, 0.3) is 10.2 Å². The first-order chi connectivity index (χ1) is 12.6. The SMILES string of the molecule is O=C(CSc1ncnc2sc3c(c12)CCCC3)Nc1cc(Cl)cc(Cl)c1. The second-order valence-electron chi connectivity index (χ2n) is 6.06. The zero-order valence-electron chi connectivity index (χ0n) is 13.7. The average Bonchev–Trinajstić information content (AvgIpc) is 2.98. The van der Waals surface area contributed by atoms with Crippen molar-refractivity contribution in [1.29, 1.82) is 0 Å². The van der Waals surface area contributed by atoms with Gasteiger partial charge in [-0.2, -0.15) is 0 Å². The van der Waals surface area contributed by atoms with Crippen molar-refractivity contribution in [2.75, 3.05) is 11.1 Å². The monoisotopic (exact) mass is 423 g/mol. The van der Waals surface area contributed by atoms with E-state index in [1.807, 2.05) is 0 Å². The van der Waals surface area contributed by atoms with Crippen LogP contribution in [0.2, 0.25) is 10.0 Å². The van der Waals surface area contributed by atoms with Crippen LogP contribution in [0.3, 0.4) is 0 Å². The molecule has 0 radical (unpaired) electrons.